The number of anilines is 3. The van der Waals surface area contributed by atoms with Crippen molar-refractivity contribution in [3.63, 3.8) is 0 Å². The third-order valence-corrected chi connectivity index (χ3v) is 10.7. The molecule has 2 bridgehead atoms. The SMILES string of the molecule is CC(C)(C)c1ccnc(-n2c3[c-]c(Oc4[c-]c(N5[CH-]N(C67CCC(CC6)CC7)c6cccnc65)ccc4)ccc3c3ccccc32)c1.[Pt]. The van der Waals surface area contributed by atoms with Crippen LogP contribution in [0.15, 0.2) is 91.3 Å². The Hall–Kier alpha value is -4.15. The number of hydrogen-bond donors (Lipinski definition) is 0. The van der Waals surface area contributed by atoms with Gasteiger partial charge in [-0.3, -0.25) is 0 Å². The van der Waals surface area contributed by atoms with E-state index in [1.807, 2.05) is 30.6 Å². The second-order valence-electron chi connectivity index (χ2n) is 14.5. The van der Waals surface area contributed by atoms with Gasteiger partial charge in [-0.2, -0.15) is 12.1 Å². The first-order valence-electron chi connectivity index (χ1n) is 16.9. The van der Waals surface area contributed by atoms with Gasteiger partial charge in [0.15, 0.2) is 0 Å². The molecule has 4 aliphatic rings. The smallest absolute Gasteiger partial charge is 0.135 e. The number of rotatable bonds is 5. The van der Waals surface area contributed by atoms with E-state index in [0.29, 0.717) is 11.5 Å². The van der Waals surface area contributed by atoms with Crippen LogP contribution in [0.1, 0.15) is 64.9 Å². The standard InChI is InChI=1S/C41H38N5O.Pt/c1-40(2,3)29-18-23-42-38(24-29)46-35-11-5-4-10-33(35)34-14-13-32(26-37(34)46)47-31-9-6-8-30(25-31)44-27-45(36-12-7-22-43-39(36)44)41-19-15-28(16-20-41)17-21-41;/h4-14,18,22-24,27-28H,15-17,19-21H2,1-3H3;/q-3;. The Kier molecular flexibility index (Phi) is 7.63. The van der Waals surface area contributed by atoms with Crippen molar-refractivity contribution in [2.75, 3.05) is 9.80 Å². The summed E-state index contributed by atoms with van der Waals surface area (Å²) in [7, 11) is 0. The zero-order valence-electron chi connectivity index (χ0n) is 27.5. The van der Waals surface area contributed by atoms with Gasteiger partial charge in [-0.25, -0.2) is 9.97 Å². The number of hydrogen-bond acceptors (Lipinski definition) is 5. The molecule has 3 saturated carbocycles. The molecule has 0 unspecified atom stereocenters. The minimum atomic E-state index is 0. The van der Waals surface area contributed by atoms with E-state index < -0.39 is 0 Å². The summed E-state index contributed by atoms with van der Waals surface area (Å²) in [5, 5.41) is 2.27. The van der Waals surface area contributed by atoms with E-state index in [1.165, 1.54) is 49.8 Å². The van der Waals surface area contributed by atoms with Crippen molar-refractivity contribution in [3.05, 3.63) is 116 Å². The van der Waals surface area contributed by atoms with Gasteiger partial charge in [0.05, 0.1) is 5.69 Å². The van der Waals surface area contributed by atoms with Gasteiger partial charge in [-0.15, -0.1) is 42.4 Å². The number of pyridine rings is 2. The minimum Gasteiger partial charge on any atom is -0.509 e. The molecule has 0 N–H and O–H groups in total. The first-order chi connectivity index (χ1) is 22.9. The second kappa shape index (κ2) is 11.8. The van der Waals surface area contributed by atoms with Gasteiger partial charge in [0.1, 0.15) is 11.6 Å². The van der Waals surface area contributed by atoms with Crippen LogP contribution in [-0.2, 0) is 26.5 Å². The van der Waals surface area contributed by atoms with Crippen molar-refractivity contribution < 1.29 is 25.8 Å². The normalized spacial score (nSPS) is 20.3. The maximum absolute atomic E-state index is 6.51. The van der Waals surface area contributed by atoms with Crippen LogP contribution >= 0.6 is 0 Å². The molecule has 1 aliphatic heterocycles. The first-order valence-corrected chi connectivity index (χ1v) is 16.9. The fourth-order valence-electron chi connectivity index (χ4n) is 8.07. The first kappa shape index (κ1) is 31.1. The maximum Gasteiger partial charge on any atom is 0.135 e. The van der Waals surface area contributed by atoms with Gasteiger partial charge in [-0.05, 0) is 91.1 Å². The molecule has 7 heteroatoms. The summed E-state index contributed by atoms with van der Waals surface area (Å²) in [6, 6.07) is 34.4. The largest absolute Gasteiger partial charge is 0.509 e. The summed E-state index contributed by atoms with van der Waals surface area (Å²) >= 11 is 0. The average Bonchev–Trinajstić information content (AvgIpc) is 3.66. The molecule has 0 atom stereocenters. The molecule has 0 amide bonds. The summed E-state index contributed by atoms with van der Waals surface area (Å²) in [5.74, 6) is 4.00. The van der Waals surface area contributed by atoms with E-state index in [9.17, 15) is 0 Å². The third kappa shape index (κ3) is 5.11. The number of fused-ring (bicyclic) bond motifs is 7. The summed E-state index contributed by atoms with van der Waals surface area (Å²) in [6.07, 6.45) is 11.5. The molecule has 6 nitrogen and oxygen atoms in total. The van der Waals surface area contributed by atoms with Gasteiger partial charge in [0, 0.05) is 56.0 Å². The van der Waals surface area contributed by atoms with Crippen molar-refractivity contribution in [2.45, 2.75) is 70.3 Å². The molecular formula is C41H38N5OPt-3. The molecule has 0 spiro atoms. The monoisotopic (exact) mass is 811 g/mol. The van der Waals surface area contributed by atoms with Crippen LogP contribution in [0.25, 0.3) is 27.6 Å². The van der Waals surface area contributed by atoms with Crippen LogP contribution in [0.5, 0.6) is 11.5 Å². The Morgan fingerprint density at radius 2 is 1.60 bits per heavy atom. The molecule has 0 saturated heterocycles. The molecule has 48 heavy (non-hydrogen) atoms. The van der Waals surface area contributed by atoms with Crippen LogP contribution in [0, 0.1) is 24.7 Å². The number of benzene rings is 3. The van der Waals surface area contributed by atoms with Crippen LogP contribution in [0.2, 0.25) is 0 Å². The minimum absolute atomic E-state index is 0. The van der Waals surface area contributed by atoms with Crippen LogP contribution in [-0.4, -0.2) is 20.1 Å². The fourth-order valence-corrected chi connectivity index (χ4v) is 8.07. The number of aromatic nitrogens is 3. The Morgan fingerprint density at radius 1 is 0.812 bits per heavy atom. The summed E-state index contributed by atoms with van der Waals surface area (Å²) in [5.41, 5.74) is 5.53. The van der Waals surface area contributed by atoms with Crippen LogP contribution in [0.3, 0.4) is 0 Å². The molecule has 246 valence electrons. The third-order valence-electron chi connectivity index (χ3n) is 10.7. The predicted molar refractivity (Wildman–Crippen MR) is 189 cm³/mol. The Labute approximate surface area is 297 Å². The topological polar surface area (TPSA) is 46.4 Å². The van der Waals surface area contributed by atoms with E-state index in [2.05, 4.69) is 115 Å². The summed E-state index contributed by atoms with van der Waals surface area (Å²) in [6.45, 7) is 8.94. The number of nitrogens with zero attached hydrogens (tertiary/aromatic N) is 5. The number of para-hydroxylation sites is 1. The van der Waals surface area contributed by atoms with Crippen LogP contribution in [0.4, 0.5) is 17.2 Å². The van der Waals surface area contributed by atoms with Gasteiger partial charge < -0.3 is 19.1 Å². The van der Waals surface area contributed by atoms with E-state index in [4.69, 9.17) is 14.7 Å². The van der Waals surface area contributed by atoms with Crippen LogP contribution < -0.4 is 14.5 Å². The van der Waals surface area contributed by atoms with E-state index in [-0.39, 0.29) is 32.0 Å². The van der Waals surface area contributed by atoms with Crippen molar-refractivity contribution in [2.24, 2.45) is 5.92 Å². The van der Waals surface area contributed by atoms with Crippen molar-refractivity contribution >= 4 is 39.0 Å². The van der Waals surface area contributed by atoms with Crippen molar-refractivity contribution in [3.8, 4) is 17.3 Å². The van der Waals surface area contributed by atoms with Crippen molar-refractivity contribution in [1.29, 1.82) is 0 Å². The molecule has 3 fully saturated rings. The second-order valence-corrected chi connectivity index (χ2v) is 14.5. The molecule has 3 aromatic carbocycles. The van der Waals surface area contributed by atoms with Crippen molar-refractivity contribution in [1.82, 2.24) is 14.5 Å². The van der Waals surface area contributed by atoms with Gasteiger partial charge >= 0.3 is 0 Å². The maximum atomic E-state index is 6.51. The molecule has 3 aromatic heterocycles. The predicted octanol–water partition coefficient (Wildman–Crippen LogP) is 10.1. The summed E-state index contributed by atoms with van der Waals surface area (Å²) in [4.78, 5) is 14.4. The quantitative estimate of drug-likeness (QED) is 0.162. The van der Waals surface area contributed by atoms with Gasteiger partial charge in [0.25, 0.3) is 0 Å². The molecule has 6 aromatic rings. The van der Waals surface area contributed by atoms with E-state index >= 15 is 0 Å². The average molecular weight is 812 g/mol. The fraction of sp³-hybridized carbons (Fsp3) is 0.293. The zero-order chi connectivity index (χ0) is 31.8. The molecular weight excluding hydrogens is 774 g/mol. The Balaban J connectivity index is 0.00000336. The number of ether oxygens (including phenoxy) is 1. The summed E-state index contributed by atoms with van der Waals surface area (Å²) < 4.78 is 8.71. The van der Waals surface area contributed by atoms with Gasteiger partial charge in [0.2, 0.25) is 0 Å². The Morgan fingerprint density at radius 3 is 2.42 bits per heavy atom. The molecule has 10 rings (SSSR count). The Bertz CT molecular complexity index is 2130. The zero-order valence-corrected chi connectivity index (χ0v) is 29.8. The van der Waals surface area contributed by atoms with E-state index in [1.54, 1.807) is 0 Å². The molecule has 0 radical (unpaired) electrons. The van der Waals surface area contributed by atoms with E-state index in [0.717, 1.165) is 45.0 Å². The molecule has 4 heterocycles. The van der Waals surface area contributed by atoms with Gasteiger partial charge in [-0.1, -0.05) is 50.2 Å². The molecule has 3 aliphatic carbocycles.